The van der Waals surface area contributed by atoms with Gasteiger partial charge in [0.25, 0.3) is 0 Å². The zero-order valence-corrected chi connectivity index (χ0v) is 17.7. The first kappa shape index (κ1) is 20.4. The van der Waals surface area contributed by atoms with Crippen LogP contribution in [-0.2, 0) is 0 Å². The van der Waals surface area contributed by atoms with Crippen molar-refractivity contribution in [3.8, 4) is 16.2 Å². The van der Waals surface area contributed by atoms with Gasteiger partial charge in [-0.2, -0.15) is 0 Å². The van der Waals surface area contributed by atoms with Gasteiger partial charge in [0.1, 0.15) is 12.3 Å². The Balaban J connectivity index is 1.59. The normalized spacial score (nSPS) is 16.3. The van der Waals surface area contributed by atoms with E-state index in [9.17, 15) is 10.1 Å². The summed E-state index contributed by atoms with van der Waals surface area (Å²) in [5.41, 5.74) is 1.65. The smallest absolute Gasteiger partial charge is 0.406 e. The molecular formula is C21H23N5O3S. The van der Waals surface area contributed by atoms with Crippen LogP contribution in [0.15, 0.2) is 43.0 Å². The number of piperidine rings is 1. The average molecular weight is 426 g/mol. The predicted octanol–water partition coefficient (Wildman–Crippen LogP) is 4.46. The van der Waals surface area contributed by atoms with E-state index >= 15 is 0 Å². The van der Waals surface area contributed by atoms with E-state index in [0.717, 1.165) is 46.9 Å². The van der Waals surface area contributed by atoms with Crippen molar-refractivity contribution < 1.29 is 9.66 Å². The number of pyridine rings is 2. The molecule has 8 nitrogen and oxygen atoms in total. The Kier molecular flexibility index (Phi) is 6.01. The van der Waals surface area contributed by atoms with Crippen LogP contribution in [0, 0.1) is 10.1 Å². The average Bonchev–Trinajstić information content (AvgIpc) is 3.25. The molecule has 0 bridgehead atoms. The van der Waals surface area contributed by atoms with E-state index in [1.165, 1.54) is 6.20 Å². The van der Waals surface area contributed by atoms with Gasteiger partial charge in [0.2, 0.25) is 5.75 Å². The van der Waals surface area contributed by atoms with Gasteiger partial charge in [-0.15, -0.1) is 11.3 Å². The fourth-order valence-electron chi connectivity index (χ4n) is 3.55. The maximum Gasteiger partial charge on any atom is 0.406 e. The Morgan fingerprint density at radius 1 is 1.23 bits per heavy atom. The molecule has 1 saturated heterocycles. The highest BCUT2D eigenvalue weighted by atomic mass is 32.1. The van der Waals surface area contributed by atoms with Crippen molar-refractivity contribution in [2.45, 2.75) is 31.8 Å². The number of hydrogen-bond acceptors (Lipinski definition) is 8. The molecule has 0 saturated carbocycles. The maximum absolute atomic E-state index is 11.5. The maximum atomic E-state index is 11.5. The zero-order chi connectivity index (χ0) is 21.1. The lowest BCUT2D eigenvalue weighted by Gasteiger charge is -2.27. The molecule has 1 atom stereocenters. The molecule has 1 aliphatic heterocycles. The molecule has 30 heavy (non-hydrogen) atoms. The summed E-state index contributed by atoms with van der Waals surface area (Å²) in [6, 6.07) is 5.34. The number of nitro groups is 1. The first-order chi connectivity index (χ1) is 14.5. The highest BCUT2D eigenvalue weighted by Gasteiger charge is 2.24. The molecule has 1 unspecified atom stereocenters. The minimum Gasteiger partial charge on any atom is -0.478 e. The van der Waals surface area contributed by atoms with Crippen molar-refractivity contribution in [3.05, 3.63) is 63.7 Å². The second kappa shape index (κ2) is 8.85. The Labute approximate surface area is 178 Å². The van der Waals surface area contributed by atoms with Gasteiger partial charge < -0.3 is 19.8 Å². The molecule has 9 heteroatoms. The number of rotatable bonds is 6. The fraction of sp³-hybridized carbons (Fsp3) is 0.381. The van der Waals surface area contributed by atoms with E-state index in [1.54, 1.807) is 29.8 Å². The van der Waals surface area contributed by atoms with Crippen LogP contribution in [0.25, 0.3) is 10.4 Å². The first-order valence-corrected chi connectivity index (χ1v) is 10.7. The van der Waals surface area contributed by atoms with Crippen molar-refractivity contribution >= 4 is 17.2 Å². The van der Waals surface area contributed by atoms with E-state index < -0.39 is 4.92 Å². The van der Waals surface area contributed by atoms with Gasteiger partial charge in [-0.3, -0.25) is 4.98 Å². The summed E-state index contributed by atoms with van der Waals surface area (Å²) in [7, 11) is 2.14. The van der Waals surface area contributed by atoms with E-state index in [1.807, 2.05) is 25.3 Å². The van der Waals surface area contributed by atoms with Gasteiger partial charge in [-0.05, 0) is 67.5 Å². The van der Waals surface area contributed by atoms with Gasteiger partial charge in [0.15, 0.2) is 0 Å². The van der Waals surface area contributed by atoms with E-state index in [2.05, 4.69) is 26.9 Å². The number of ether oxygens (including phenoxy) is 1. The largest absolute Gasteiger partial charge is 0.478 e. The Bertz CT molecular complexity index is 1020. The van der Waals surface area contributed by atoms with E-state index in [-0.39, 0.29) is 17.7 Å². The van der Waals surface area contributed by atoms with Crippen LogP contribution >= 0.6 is 11.3 Å². The predicted molar refractivity (Wildman–Crippen MR) is 115 cm³/mol. The van der Waals surface area contributed by atoms with Crippen molar-refractivity contribution in [3.63, 3.8) is 0 Å². The summed E-state index contributed by atoms with van der Waals surface area (Å²) < 4.78 is 5.94. The number of likely N-dealkylation sites (tertiary alicyclic amines) is 1. The minimum absolute atomic E-state index is 0.149. The molecular weight excluding hydrogens is 402 g/mol. The van der Waals surface area contributed by atoms with Crippen LogP contribution in [0.3, 0.4) is 0 Å². The zero-order valence-electron chi connectivity index (χ0n) is 16.9. The summed E-state index contributed by atoms with van der Waals surface area (Å²) in [4.78, 5) is 26.9. The second-order valence-electron chi connectivity index (χ2n) is 7.48. The van der Waals surface area contributed by atoms with Crippen molar-refractivity contribution in [1.29, 1.82) is 0 Å². The standard InChI is InChI=1S/C21H23N5O3S/c1-14(15-3-7-22-8-4-15)29-18-11-17(12-23-20(18)26(27)28)19-13-24-21(30-19)16-5-9-25(2)10-6-16/h3-4,7-8,11-14,16H,5-6,9-10H2,1-2H3. The van der Waals surface area contributed by atoms with Crippen LogP contribution in [0.1, 0.15) is 42.4 Å². The minimum atomic E-state index is -0.519. The number of thiazole rings is 1. The molecule has 1 fully saturated rings. The summed E-state index contributed by atoms with van der Waals surface area (Å²) in [5, 5.41) is 12.6. The highest BCUT2D eigenvalue weighted by Crippen LogP contribution is 2.38. The summed E-state index contributed by atoms with van der Waals surface area (Å²) in [6.45, 7) is 3.99. The third-order valence-electron chi connectivity index (χ3n) is 5.36. The van der Waals surface area contributed by atoms with E-state index in [4.69, 9.17) is 4.74 Å². The van der Waals surface area contributed by atoms with Gasteiger partial charge in [0.05, 0.1) is 9.88 Å². The van der Waals surface area contributed by atoms with Gasteiger partial charge in [-0.25, -0.2) is 4.98 Å². The Morgan fingerprint density at radius 3 is 2.67 bits per heavy atom. The van der Waals surface area contributed by atoms with Gasteiger partial charge >= 0.3 is 5.82 Å². The third kappa shape index (κ3) is 4.47. The fourth-order valence-corrected chi connectivity index (χ4v) is 4.62. The molecule has 0 spiro atoms. The molecule has 4 heterocycles. The summed E-state index contributed by atoms with van der Waals surface area (Å²) >= 11 is 1.63. The lowest BCUT2D eigenvalue weighted by atomic mass is 9.98. The van der Waals surface area contributed by atoms with Crippen LogP contribution in [0.2, 0.25) is 0 Å². The topological polar surface area (TPSA) is 94.3 Å². The molecule has 3 aromatic rings. The molecule has 0 aromatic carbocycles. The lowest BCUT2D eigenvalue weighted by Crippen LogP contribution is -2.29. The molecule has 0 N–H and O–H groups in total. The first-order valence-electron chi connectivity index (χ1n) is 9.87. The van der Waals surface area contributed by atoms with Gasteiger partial charge in [-0.1, -0.05) is 0 Å². The lowest BCUT2D eigenvalue weighted by molar-refractivity contribution is -0.390. The Morgan fingerprint density at radius 2 is 1.97 bits per heavy atom. The number of aromatic nitrogens is 3. The quantitative estimate of drug-likeness (QED) is 0.425. The second-order valence-corrected chi connectivity index (χ2v) is 8.55. The van der Waals surface area contributed by atoms with Crippen molar-refractivity contribution in [2.24, 2.45) is 0 Å². The molecule has 156 valence electrons. The van der Waals surface area contributed by atoms with Crippen molar-refractivity contribution in [2.75, 3.05) is 20.1 Å². The molecule has 0 amide bonds. The highest BCUT2D eigenvalue weighted by molar-refractivity contribution is 7.15. The molecule has 0 radical (unpaired) electrons. The molecule has 3 aromatic heterocycles. The van der Waals surface area contributed by atoms with Crippen molar-refractivity contribution in [1.82, 2.24) is 19.9 Å². The summed E-state index contributed by atoms with van der Waals surface area (Å²) in [5.74, 6) is 0.323. The molecule has 1 aliphatic rings. The van der Waals surface area contributed by atoms with Crippen LogP contribution in [-0.4, -0.2) is 44.9 Å². The van der Waals surface area contributed by atoms with Crippen LogP contribution in [0.5, 0.6) is 5.75 Å². The number of hydrogen-bond donors (Lipinski definition) is 0. The Hall–Kier alpha value is -2.91. The SMILES string of the molecule is CC(Oc1cc(-c2cnc(C3CCN(C)CC3)s2)cnc1[N+](=O)[O-])c1ccncc1. The molecule has 0 aliphatic carbocycles. The summed E-state index contributed by atoms with van der Waals surface area (Å²) in [6.07, 6.45) is 8.51. The monoisotopic (exact) mass is 425 g/mol. The third-order valence-corrected chi connectivity index (χ3v) is 6.57. The van der Waals surface area contributed by atoms with E-state index in [0.29, 0.717) is 5.92 Å². The number of nitrogens with zero attached hydrogens (tertiary/aromatic N) is 5. The molecule has 4 rings (SSSR count). The van der Waals surface area contributed by atoms with Gasteiger partial charge in [0, 0.05) is 36.1 Å². The van der Waals surface area contributed by atoms with Crippen LogP contribution < -0.4 is 4.74 Å². The van der Waals surface area contributed by atoms with Crippen LogP contribution in [0.4, 0.5) is 5.82 Å².